The van der Waals surface area contributed by atoms with Gasteiger partial charge in [-0.25, -0.2) is 4.98 Å². The monoisotopic (exact) mass is 298 g/mol. The van der Waals surface area contributed by atoms with E-state index in [4.69, 9.17) is 16.7 Å². The number of benzene rings is 1. The Bertz CT molecular complexity index is 631. The van der Waals surface area contributed by atoms with Gasteiger partial charge in [-0.15, -0.1) is 0 Å². The van der Waals surface area contributed by atoms with E-state index in [-0.39, 0.29) is 11.3 Å². The molecule has 0 radical (unpaired) electrons. The van der Waals surface area contributed by atoms with Gasteiger partial charge in [0.25, 0.3) is 0 Å². The number of carbonyl (C=O) groups is 1. The molecule has 0 bridgehead atoms. The second kappa shape index (κ2) is 5.06. The molecule has 6 heteroatoms. The van der Waals surface area contributed by atoms with Gasteiger partial charge >= 0.3 is 5.97 Å². The molecule has 0 saturated carbocycles. The Labute approximate surface area is 120 Å². The lowest BCUT2D eigenvalue weighted by Gasteiger charge is -2.24. The number of fused-ring (bicyclic) bond motifs is 1. The van der Waals surface area contributed by atoms with E-state index < -0.39 is 5.97 Å². The van der Waals surface area contributed by atoms with Gasteiger partial charge in [0.05, 0.1) is 16.8 Å². The van der Waals surface area contributed by atoms with E-state index in [1.165, 1.54) is 11.8 Å². The summed E-state index contributed by atoms with van der Waals surface area (Å²) < 4.78 is 2.05. The summed E-state index contributed by atoms with van der Waals surface area (Å²) in [5.74, 6) is -0.858. The topological polar surface area (TPSA) is 55.1 Å². The first kappa shape index (κ1) is 14.2. The number of thioether (sulfide) groups is 1. The van der Waals surface area contributed by atoms with Crippen LogP contribution in [-0.2, 0) is 10.3 Å². The number of nitrogens with zero attached hydrogens (tertiary/aromatic N) is 2. The third-order valence-corrected chi connectivity index (χ3v) is 3.74. The normalized spacial score (nSPS) is 12.0. The Kier molecular flexibility index (Phi) is 3.78. The molecule has 4 nitrogen and oxygen atoms in total. The predicted molar refractivity (Wildman–Crippen MR) is 78.1 cm³/mol. The summed E-state index contributed by atoms with van der Waals surface area (Å²) in [6.45, 7) is 6.19. The minimum Gasteiger partial charge on any atom is -0.481 e. The molecule has 2 rings (SSSR count). The summed E-state index contributed by atoms with van der Waals surface area (Å²) in [5, 5.41) is 10.1. The van der Waals surface area contributed by atoms with Crippen LogP contribution in [-0.4, -0.2) is 26.4 Å². The van der Waals surface area contributed by atoms with Crippen molar-refractivity contribution in [2.24, 2.45) is 0 Å². The van der Waals surface area contributed by atoms with Crippen molar-refractivity contribution in [1.82, 2.24) is 9.55 Å². The minimum atomic E-state index is -0.851. The molecular formula is C13H15ClN2O2S. The first-order valence-electron chi connectivity index (χ1n) is 5.82. The highest BCUT2D eigenvalue weighted by Gasteiger charge is 2.22. The van der Waals surface area contributed by atoms with E-state index in [1.807, 2.05) is 16.7 Å². The summed E-state index contributed by atoms with van der Waals surface area (Å²) in [5.41, 5.74) is 1.57. The minimum absolute atomic E-state index is 0.00681. The molecule has 0 saturated heterocycles. The van der Waals surface area contributed by atoms with Crippen molar-refractivity contribution < 1.29 is 9.90 Å². The smallest absolute Gasteiger partial charge is 0.313 e. The third-order valence-electron chi connectivity index (χ3n) is 2.58. The fourth-order valence-electron chi connectivity index (χ4n) is 1.90. The van der Waals surface area contributed by atoms with E-state index in [0.29, 0.717) is 10.2 Å². The van der Waals surface area contributed by atoms with Crippen LogP contribution < -0.4 is 0 Å². The van der Waals surface area contributed by atoms with Crippen LogP contribution in [0, 0.1) is 0 Å². The van der Waals surface area contributed by atoms with Crippen molar-refractivity contribution >= 4 is 40.4 Å². The SMILES string of the molecule is CC(C)(C)n1c(SCC(=O)O)nc2cc(Cl)ccc21. The molecule has 19 heavy (non-hydrogen) atoms. The number of hydrogen-bond acceptors (Lipinski definition) is 3. The van der Waals surface area contributed by atoms with E-state index in [0.717, 1.165) is 11.0 Å². The number of carboxylic acids is 1. The zero-order chi connectivity index (χ0) is 14.2. The van der Waals surface area contributed by atoms with Gasteiger partial charge in [0, 0.05) is 10.6 Å². The summed E-state index contributed by atoms with van der Waals surface area (Å²) in [6.07, 6.45) is 0. The maximum Gasteiger partial charge on any atom is 0.313 e. The standard InChI is InChI=1S/C13H15ClN2O2S/c1-13(2,3)16-10-5-4-8(14)6-9(10)15-12(16)19-7-11(17)18/h4-6H,7H2,1-3H3,(H,17,18). The fourth-order valence-corrected chi connectivity index (χ4v) is 2.99. The lowest BCUT2D eigenvalue weighted by atomic mass is 10.1. The predicted octanol–water partition coefficient (Wildman–Crippen LogP) is 3.62. The summed E-state index contributed by atoms with van der Waals surface area (Å²) in [6, 6.07) is 5.53. The Morgan fingerprint density at radius 3 is 2.74 bits per heavy atom. The van der Waals surface area contributed by atoms with Crippen LogP contribution in [0.2, 0.25) is 5.02 Å². The molecule has 1 heterocycles. The van der Waals surface area contributed by atoms with Crippen LogP contribution >= 0.6 is 23.4 Å². The largest absolute Gasteiger partial charge is 0.481 e. The molecule has 1 N–H and O–H groups in total. The van der Waals surface area contributed by atoms with Gasteiger partial charge < -0.3 is 9.67 Å². The highest BCUT2D eigenvalue weighted by Crippen LogP contribution is 2.31. The van der Waals surface area contributed by atoms with E-state index in [9.17, 15) is 4.79 Å². The average molecular weight is 299 g/mol. The van der Waals surface area contributed by atoms with Gasteiger partial charge in [0.1, 0.15) is 0 Å². The van der Waals surface area contributed by atoms with Gasteiger partial charge in [0.2, 0.25) is 0 Å². The number of halogens is 1. The third kappa shape index (κ3) is 3.04. The maximum atomic E-state index is 10.7. The molecule has 2 aromatic rings. The van der Waals surface area contributed by atoms with E-state index in [2.05, 4.69) is 25.8 Å². The molecule has 0 aliphatic heterocycles. The Morgan fingerprint density at radius 1 is 1.47 bits per heavy atom. The lowest BCUT2D eigenvalue weighted by molar-refractivity contribution is -0.133. The van der Waals surface area contributed by atoms with Gasteiger partial charge in [-0.1, -0.05) is 23.4 Å². The molecule has 102 valence electrons. The molecular weight excluding hydrogens is 284 g/mol. The van der Waals surface area contributed by atoms with E-state index >= 15 is 0 Å². The molecule has 0 aliphatic carbocycles. The molecule has 0 unspecified atom stereocenters. The molecule has 1 aromatic heterocycles. The molecule has 0 amide bonds. The first-order chi connectivity index (χ1) is 8.79. The van der Waals surface area contributed by atoms with Crippen LogP contribution in [0.5, 0.6) is 0 Å². The molecule has 0 atom stereocenters. The second-order valence-electron chi connectivity index (χ2n) is 5.22. The molecule has 0 aliphatic rings. The fraction of sp³-hybridized carbons (Fsp3) is 0.385. The number of aromatic nitrogens is 2. The molecule has 1 aromatic carbocycles. The average Bonchev–Trinajstić information content (AvgIpc) is 2.63. The lowest BCUT2D eigenvalue weighted by Crippen LogP contribution is -2.22. The number of rotatable bonds is 3. The second-order valence-corrected chi connectivity index (χ2v) is 6.59. The number of carboxylic acid groups (broad SMARTS) is 1. The quantitative estimate of drug-likeness (QED) is 0.879. The Balaban J connectivity index is 2.58. The highest BCUT2D eigenvalue weighted by molar-refractivity contribution is 7.99. The summed E-state index contributed by atoms with van der Waals surface area (Å²) in [7, 11) is 0. The van der Waals surface area contributed by atoms with Gasteiger partial charge in [-0.05, 0) is 39.0 Å². The van der Waals surface area contributed by atoms with Crippen molar-refractivity contribution in [2.75, 3.05) is 5.75 Å². The van der Waals surface area contributed by atoms with Crippen LogP contribution in [0.15, 0.2) is 23.4 Å². The first-order valence-corrected chi connectivity index (χ1v) is 7.18. The van der Waals surface area contributed by atoms with Gasteiger partial charge in [0.15, 0.2) is 5.16 Å². The zero-order valence-corrected chi connectivity index (χ0v) is 12.5. The highest BCUT2D eigenvalue weighted by atomic mass is 35.5. The van der Waals surface area contributed by atoms with Crippen molar-refractivity contribution in [3.63, 3.8) is 0 Å². The summed E-state index contributed by atoms with van der Waals surface area (Å²) in [4.78, 5) is 15.2. The van der Waals surface area contributed by atoms with Crippen molar-refractivity contribution in [2.45, 2.75) is 31.5 Å². The summed E-state index contributed by atoms with van der Waals surface area (Å²) >= 11 is 7.19. The maximum absolute atomic E-state index is 10.7. The van der Waals surface area contributed by atoms with Gasteiger partial charge in [-0.3, -0.25) is 4.79 Å². The van der Waals surface area contributed by atoms with Crippen molar-refractivity contribution in [3.8, 4) is 0 Å². The van der Waals surface area contributed by atoms with Crippen LogP contribution in [0.4, 0.5) is 0 Å². The zero-order valence-electron chi connectivity index (χ0n) is 11.0. The number of imidazole rings is 1. The van der Waals surface area contributed by atoms with Crippen molar-refractivity contribution in [3.05, 3.63) is 23.2 Å². The van der Waals surface area contributed by atoms with Crippen LogP contribution in [0.3, 0.4) is 0 Å². The van der Waals surface area contributed by atoms with Crippen molar-refractivity contribution in [1.29, 1.82) is 0 Å². The van der Waals surface area contributed by atoms with Crippen LogP contribution in [0.1, 0.15) is 20.8 Å². The van der Waals surface area contributed by atoms with E-state index in [1.54, 1.807) is 6.07 Å². The Hall–Kier alpha value is -1.20. The number of aliphatic carboxylic acids is 1. The van der Waals surface area contributed by atoms with Crippen LogP contribution in [0.25, 0.3) is 11.0 Å². The van der Waals surface area contributed by atoms with Gasteiger partial charge in [-0.2, -0.15) is 0 Å². The Morgan fingerprint density at radius 2 is 2.16 bits per heavy atom. The molecule has 0 fully saturated rings. The number of hydrogen-bond donors (Lipinski definition) is 1. The molecule has 0 spiro atoms.